The molecule has 208 valence electrons. The van der Waals surface area contributed by atoms with Gasteiger partial charge in [-0.25, -0.2) is 0 Å². The zero-order chi connectivity index (χ0) is 29.3. The predicted molar refractivity (Wildman–Crippen MR) is 153 cm³/mol. The van der Waals surface area contributed by atoms with Crippen molar-refractivity contribution in [1.29, 1.82) is 0 Å². The molecule has 1 heterocycles. The lowest BCUT2D eigenvalue weighted by atomic mass is 9.59. The number of imide groups is 1. The molecule has 1 saturated heterocycles. The van der Waals surface area contributed by atoms with Gasteiger partial charge in [-0.2, -0.15) is 0 Å². The first-order valence-electron chi connectivity index (χ1n) is 12.6. The molecule has 41 heavy (non-hydrogen) atoms. The summed E-state index contributed by atoms with van der Waals surface area (Å²) in [5, 5.41) is 22.3. The fourth-order valence-corrected chi connectivity index (χ4v) is 7.41. The molecule has 1 N–H and O–H groups in total. The van der Waals surface area contributed by atoms with E-state index in [1.807, 2.05) is 6.08 Å². The molecule has 1 aliphatic heterocycles. The van der Waals surface area contributed by atoms with Gasteiger partial charge in [0.25, 0.3) is 5.69 Å². The Hall–Kier alpha value is -3.90. The Morgan fingerprint density at radius 3 is 2.41 bits per heavy atom. The van der Waals surface area contributed by atoms with E-state index in [0.717, 1.165) is 4.90 Å². The summed E-state index contributed by atoms with van der Waals surface area (Å²) < 4.78 is 6.01. The summed E-state index contributed by atoms with van der Waals surface area (Å²) in [6.07, 6.45) is 3.32. The normalized spacial score (nSPS) is 25.4. The first kappa shape index (κ1) is 27.3. The lowest BCUT2D eigenvalue weighted by Gasteiger charge is -2.42. The van der Waals surface area contributed by atoms with Crippen LogP contribution in [0.15, 0.2) is 74.2 Å². The number of ketones is 2. The molecule has 3 aliphatic carbocycles. The second-order valence-electron chi connectivity index (χ2n) is 10.2. The molecule has 0 spiro atoms. The largest absolute Gasteiger partial charge is 0.504 e. The van der Waals surface area contributed by atoms with Crippen LogP contribution in [0, 0.1) is 27.9 Å². The number of hydrogen-bond donors (Lipinski definition) is 1. The van der Waals surface area contributed by atoms with Gasteiger partial charge < -0.3 is 9.84 Å². The van der Waals surface area contributed by atoms with Crippen molar-refractivity contribution in [1.82, 2.24) is 0 Å². The topological polar surface area (TPSA) is 144 Å². The van der Waals surface area contributed by atoms with E-state index < -0.39 is 52.0 Å². The minimum atomic E-state index is -0.860. The Morgan fingerprint density at radius 2 is 1.76 bits per heavy atom. The van der Waals surface area contributed by atoms with Gasteiger partial charge in [0.05, 0.1) is 34.0 Å². The van der Waals surface area contributed by atoms with Crippen molar-refractivity contribution < 1.29 is 33.9 Å². The van der Waals surface area contributed by atoms with Gasteiger partial charge >= 0.3 is 0 Å². The number of hydrogen-bond acceptors (Lipinski definition) is 8. The molecular formula is C29H20Br2N2O8. The van der Waals surface area contributed by atoms with Crippen LogP contribution in [0.5, 0.6) is 11.5 Å². The first-order valence-corrected chi connectivity index (χ1v) is 14.2. The van der Waals surface area contributed by atoms with Crippen molar-refractivity contribution in [3.05, 3.63) is 89.9 Å². The maximum Gasteiger partial charge on any atom is 0.269 e. The molecule has 0 radical (unpaired) electrons. The van der Waals surface area contributed by atoms with Crippen molar-refractivity contribution in [2.75, 3.05) is 12.0 Å². The van der Waals surface area contributed by atoms with Crippen LogP contribution < -0.4 is 9.64 Å². The van der Waals surface area contributed by atoms with E-state index >= 15 is 0 Å². The summed E-state index contributed by atoms with van der Waals surface area (Å²) in [7, 11) is 1.40. The van der Waals surface area contributed by atoms with Crippen molar-refractivity contribution in [2.24, 2.45) is 17.8 Å². The summed E-state index contributed by atoms with van der Waals surface area (Å²) in [6, 6.07) is 8.41. The number of allylic oxidation sites excluding steroid dienone is 6. The van der Waals surface area contributed by atoms with Crippen LogP contribution in [0.25, 0.3) is 0 Å². The number of Topliss-reactive ketones (excluding diaryl/α,β-unsaturated/α-hetero) is 1. The lowest BCUT2D eigenvalue weighted by molar-refractivity contribution is -0.384. The van der Waals surface area contributed by atoms with Crippen molar-refractivity contribution in [2.45, 2.75) is 18.8 Å². The van der Waals surface area contributed by atoms with Crippen LogP contribution >= 0.6 is 31.9 Å². The maximum absolute atomic E-state index is 13.9. The molecule has 12 heteroatoms. The number of fused-ring (bicyclic) bond motifs is 3. The van der Waals surface area contributed by atoms with Crippen molar-refractivity contribution in [3.63, 3.8) is 0 Å². The highest BCUT2D eigenvalue weighted by molar-refractivity contribution is 9.12. The van der Waals surface area contributed by atoms with Crippen LogP contribution in [0.4, 0.5) is 11.4 Å². The van der Waals surface area contributed by atoms with Gasteiger partial charge in [-0.3, -0.25) is 34.2 Å². The van der Waals surface area contributed by atoms with Crippen molar-refractivity contribution in [3.8, 4) is 11.5 Å². The zero-order valence-corrected chi connectivity index (χ0v) is 24.5. The SMILES string of the molecule is COc1cc(Br)cc([C@H]2C3=CC[C@@H]4C(=O)N(c5ccc([N+](=O)[O-])cc5)C(=O)[C@@H]4[C@@H]3CC3=C2C(=O)C=C(Br)C3=O)c1O. The van der Waals surface area contributed by atoms with Crippen molar-refractivity contribution >= 4 is 66.6 Å². The van der Waals surface area contributed by atoms with Crippen LogP contribution in [-0.2, 0) is 19.2 Å². The van der Waals surface area contributed by atoms with E-state index in [1.54, 1.807) is 12.1 Å². The third-order valence-corrected chi connectivity index (χ3v) is 9.30. The summed E-state index contributed by atoms with van der Waals surface area (Å²) in [5.41, 5.74) is 1.49. The number of amides is 2. The molecule has 0 unspecified atom stereocenters. The van der Waals surface area contributed by atoms with Gasteiger partial charge in [0, 0.05) is 45.3 Å². The number of nitro groups is 1. The molecule has 0 saturated carbocycles. The second-order valence-corrected chi connectivity index (χ2v) is 12.0. The number of phenols is 1. The Labute approximate surface area is 249 Å². The number of aromatic hydroxyl groups is 1. The highest BCUT2D eigenvalue weighted by Gasteiger charge is 2.57. The molecule has 2 aromatic rings. The second kappa shape index (κ2) is 9.88. The first-order chi connectivity index (χ1) is 19.5. The maximum atomic E-state index is 13.9. The van der Waals surface area contributed by atoms with Gasteiger partial charge in [0.1, 0.15) is 0 Å². The zero-order valence-electron chi connectivity index (χ0n) is 21.3. The van der Waals surface area contributed by atoms with Crippen LogP contribution in [0.1, 0.15) is 24.3 Å². The molecule has 0 aromatic heterocycles. The fourth-order valence-electron chi connectivity index (χ4n) is 6.51. The standard InChI is InChI=1S/C29H20Br2N2O8/c1-41-22-9-12(30)8-18(27(22)36)23-15-6-7-16-24(17(15)10-19-25(23)21(34)11-20(31)26(19)35)29(38)32(28(16)37)13-2-4-14(5-3-13)33(39)40/h2-6,8-9,11,16-17,23-24,36H,7,10H2,1H3/t16-,17+,23+,24-/m0/s1. The summed E-state index contributed by atoms with van der Waals surface area (Å²) in [4.78, 5) is 65.9. The number of carbonyl (C=O) groups excluding carboxylic acids is 4. The number of ether oxygens (including phenoxy) is 1. The van der Waals surface area contributed by atoms with E-state index in [-0.39, 0.29) is 51.3 Å². The number of nitrogens with zero attached hydrogens (tertiary/aromatic N) is 2. The Kier molecular flexibility index (Phi) is 6.57. The number of rotatable bonds is 4. The number of halogens is 2. The fraction of sp³-hybridized carbons (Fsp3) is 0.241. The third-order valence-electron chi connectivity index (χ3n) is 8.25. The summed E-state index contributed by atoms with van der Waals surface area (Å²) >= 11 is 6.62. The van der Waals surface area contributed by atoms with E-state index in [1.165, 1.54) is 37.5 Å². The summed E-state index contributed by atoms with van der Waals surface area (Å²) in [6.45, 7) is 0. The predicted octanol–water partition coefficient (Wildman–Crippen LogP) is 5.04. The average Bonchev–Trinajstić information content (AvgIpc) is 3.21. The minimum absolute atomic E-state index is 0.0609. The molecule has 4 atom stereocenters. The van der Waals surface area contributed by atoms with E-state index in [2.05, 4.69) is 31.9 Å². The van der Waals surface area contributed by atoms with Crippen LogP contribution in [-0.4, -0.2) is 40.5 Å². The number of non-ortho nitro benzene ring substituents is 1. The monoisotopic (exact) mass is 682 g/mol. The Balaban J connectivity index is 1.49. The molecule has 10 nitrogen and oxygen atoms in total. The molecule has 0 bridgehead atoms. The van der Waals surface area contributed by atoms with Crippen LogP contribution in [0.3, 0.4) is 0 Å². The van der Waals surface area contributed by atoms with Gasteiger partial charge in [-0.1, -0.05) is 27.6 Å². The Morgan fingerprint density at radius 1 is 1.05 bits per heavy atom. The summed E-state index contributed by atoms with van der Waals surface area (Å²) in [5.74, 6) is -4.76. The van der Waals surface area contributed by atoms with Gasteiger partial charge in [-0.15, -0.1) is 0 Å². The molecule has 1 fully saturated rings. The highest BCUT2D eigenvalue weighted by atomic mass is 79.9. The van der Waals surface area contributed by atoms with E-state index in [0.29, 0.717) is 15.6 Å². The molecule has 4 aliphatic rings. The molecule has 2 amide bonds. The number of nitro benzene ring substituents is 1. The van der Waals surface area contributed by atoms with E-state index in [9.17, 15) is 34.4 Å². The van der Waals surface area contributed by atoms with Crippen LogP contribution in [0.2, 0.25) is 0 Å². The molecule has 6 rings (SSSR count). The number of benzene rings is 2. The number of phenolic OH excluding ortho intramolecular Hbond substituents is 1. The average molecular weight is 684 g/mol. The quantitative estimate of drug-likeness (QED) is 0.155. The lowest BCUT2D eigenvalue weighted by Crippen LogP contribution is -2.39. The number of anilines is 1. The minimum Gasteiger partial charge on any atom is -0.504 e. The van der Waals surface area contributed by atoms with Gasteiger partial charge in [0.15, 0.2) is 23.1 Å². The van der Waals surface area contributed by atoms with E-state index in [4.69, 9.17) is 4.74 Å². The number of carbonyl (C=O) groups is 4. The Bertz CT molecular complexity index is 1690. The number of methoxy groups -OCH3 is 1. The smallest absolute Gasteiger partial charge is 0.269 e. The molecule has 2 aromatic carbocycles. The van der Waals surface area contributed by atoms with Gasteiger partial charge in [-0.05, 0) is 59.0 Å². The molecular weight excluding hydrogens is 664 g/mol. The highest BCUT2D eigenvalue weighted by Crippen LogP contribution is 2.57. The third kappa shape index (κ3) is 4.11. The van der Waals surface area contributed by atoms with Gasteiger partial charge in [0.2, 0.25) is 11.8 Å².